The molecular weight excluding hydrogens is 451 g/mol. The van der Waals surface area contributed by atoms with Gasteiger partial charge in [0.2, 0.25) is 0 Å². The first-order valence-corrected chi connectivity index (χ1v) is 9.78. The molecule has 33 heavy (non-hydrogen) atoms. The van der Waals surface area contributed by atoms with Crippen molar-refractivity contribution >= 4 is 11.4 Å². The lowest BCUT2D eigenvalue weighted by Gasteiger charge is -2.25. The van der Waals surface area contributed by atoms with Gasteiger partial charge in [0.25, 0.3) is 0 Å². The van der Waals surface area contributed by atoms with Crippen LogP contribution < -0.4 is 5.01 Å². The molecule has 0 radical (unpaired) electrons. The number of aryl methyl sites for hydroxylation is 1. The fourth-order valence-electron chi connectivity index (χ4n) is 3.72. The zero-order chi connectivity index (χ0) is 24.0. The van der Waals surface area contributed by atoms with Gasteiger partial charge in [-0.05, 0) is 42.3 Å². The number of nitrogens with zero attached hydrogens (tertiary/aromatic N) is 3. The van der Waals surface area contributed by atoms with Crippen LogP contribution in [0, 0.1) is 18.6 Å². The number of rotatable bonds is 4. The van der Waals surface area contributed by atoms with Gasteiger partial charge in [-0.1, -0.05) is 24.3 Å². The third kappa shape index (κ3) is 4.17. The van der Waals surface area contributed by atoms with E-state index < -0.39 is 47.6 Å². The molecule has 0 aliphatic carbocycles. The van der Waals surface area contributed by atoms with Crippen molar-refractivity contribution in [2.45, 2.75) is 31.5 Å². The van der Waals surface area contributed by atoms with Gasteiger partial charge >= 0.3 is 12.1 Å². The van der Waals surface area contributed by atoms with Gasteiger partial charge in [-0.15, -0.1) is 0 Å². The molecule has 1 atom stereocenters. The van der Waals surface area contributed by atoms with Crippen molar-refractivity contribution in [1.29, 1.82) is 0 Å². The van der Waals surface area contributed by atoms with Gasteiger partial charge in [0.15, 0.2) is 5.82 Å². The molecule has 3 nitrogen and oxygen atoms in total. The van der Waals surface area contributed by atoms with Gasteiger partial charge in [0.1, 0.15) is 11.5 Å². The maximum Gasteiger partial charge on any atom is 0.459 e. The number of hydrogen-bond donors (Lipinski definition) is 0. The van der Waals surface area contributed by atoms with E-state index in [4.69, 9.17) is 0 Å². The third-order valence-electron chi connectivity index (χ3n) is 5.37. The predicted molar refractivity (Wildman–Crippen MR) is 109 cm³/mol. The fourth-order valence-corrected chi connectivity index (χ4v) is 3.72. The fraction of sp³-hybridized carbons (Fsp3) is 0.217. The molecule has 0 saturated heterocycles. The highest BCUT2D eigenvalue weighted by atomic mass is 19.4. The first-order chi connectivity index (χ1) is 15.5. The molecule has 0 amide bonds. The van der Waals surface area contributed by atoms with E-state index in [2.05, 4.69) is 10.1 Å². The third-order valence-corrected chi connectivity index (χ3v) is 5.37. The van der Waals surface area contributed by atoms with Crippen LogP contribution in [-0.2, 0) is 0 Å². The maximum atomic E-state index is 14.5. The SMILES string of the molecule is Cc1ncccc1-c1cccc(C2CC(C(F)(F)C(F)(F)F)=NN2c2ccc(F)cc2F)c1. The highest BCUT2D eigenvalue weighted by Crippen LogP contribution is 2.45. The van der Waals surface area contributed by atoms with Crippen molar-refractivity contribution < 1.29 is 30.7 Å². The van der Waals surface area contributed by atoms with Crippen LogP contribution in [0.1, 0.15) is 23.7 Å². The molecule has 0 fully saturated rings. The summed E-state index contributed by atoms with van der Waals surface area (Å²) in [7, 11) is 0. The molecule has 0 bridgehead atoms. The van der Waals surface area contributed by atoms with E-state index in [9.17, 15) is 30.7 Å². The Balaban J connectivity index is 1.81. The average Bonchev–Trinajstić information content (AvgIpc) is 3.19. The smallest absolute Gasteiger partial charge is 0.261 e. The Kier molecular flexibility index (Phi) is 5.63. The second kappa shape index (κ2) is 8.17. The summed E-state index contributed by atoms with van der Waals surface area (Å²) in [5.74, 6) is -7.28. The van der Waals surface area contributed by atoms with Gasteiger partial charge < -0.3 is 0 Å². The van der Waals surface area contributed by atoms with Crippen LogP contribution in [-0.4, -0.2) is 22.8 Å². The molecule has 4 rings (SSSR count). The molecule has 1 aromatic heterocycles. The van der Waals surface area contributed by atoms with E-state index in [0.29, 0.717) is 22.9 Å². The van der Waals surface area contributed by atoms with E-state index in [-0.39, 0.29) is 0 Å². The van der Waals surface area contributed by atoms with Crippen molar-refractivity contribution in [3.05, 3.63) is 83.7 Å². The first kappa shape index (κ1) is 22.8. The van der Waals surface area contributed by atoms with Gasteiger partial charge in [0.05, 0.1) is 11.7 Å². The van der Waals surface area contributed by atoms with E-state index in [1.807, 2.05) is 0 Å². The number of halogens is 7. The first-order valence-electron chi connectivity index (χ1n) is 9.78. The van der Waals surface area contributed by atoms with Crippen LogP contribution in [0.4, 0.5) is 36.4 Å². The lowest BCUT2D eigenvalue weighted by atomic mass is 9.95. The number of hydrazone groups is 1. The number of benzene rings is 2. The van der Waals surface area contributed by atoms with E-state index in [1.54, 1.807) is 43.5 Å². The standard InChI is InChI=1S/C23H16F7N3/c1-13-17(6-3-9-31-13)14-4-2-5-15(10-14)20-12-21(22(26,27)23(28,29)30)32-33(20)19-8-7-16(24)11-18(19)25/h2-11,20H,12H2,1H3. The summed E-state index contributed by atoms with van der Waals surface area (Å²) in [6.45, 7) is 1.77. The Morgan fingerprint density at radius 3 is 2.36 bits per heavy atom. The van der Waals surface area contributed by atoms with Crippen molar-refractivity contribution in [1.82, 2.24) is 4.98 Å². The van der Waals surface area contributed by atoms with Crippen LogP contribution in [0.3, 0.4) is 0 Å². The quantitative estimate of drug-likeness (QED) is 0.393. The molecule has 2 heterocycles. The van der Waals surface area contributed by atoms with E-state index >= 15 is 0 Å². The molecule has 0 saturated carbocycles. The normalized spacial score (nSPS) is 16.8. The lowest BCUT2D eigenvalue weighted by Crippen LogP contribution is -2.43. The summed E-state index contributed by atoms with van der Waals surface area (Å²) in [6, 6.07) is 11.1. The number of aromatic nitrogens is 1. The molecule has 1 unspecified atom stereocenters. The Labute approximate surface area is 184 Å². The topological polar surface area (TPSA) is 28.5 Å². The zero-order valence-electron chi connectivity index (χ0n) is 17.0. The highest BCUT2D eigenvalue weighted by molar-refractivity contribution is 5.95. The Morgan fingerprint density at radius 1 is 0.939 bits per heavy atom. The largest absolute Gasteiger partial charge is 0.459 e. The minimum atomic E-state index is -5.87. The lowest BCUT2D eigenvalue weighted by molar-refractivity contribution is -0.249. The van der Waals surface area contributed by atoms with Crippen LogP contribution in [0.25, 0.3) is 11.1 Å². The minimum absolute atomic E-state index is 0.330. The number of alkyl halides is 5. The molecule has 10 heteroatoms. The summed E-state index contributed by atoms with van der Waals surface area (Å²) in [6.07, 6.45) is -5.08. The summed E-state index contributed by atoms with van der Waals surface area (Å²) < 4.78 is 95.2. The monoisotopic (exact) mass is 467 g/mol. The molecule has 1 aliphatic heterocycles. The predicted octanol–water partition coefficient (Wildman–Crippen LogP) is 6.84. The van der Waals surface area contributed by atoms with Crippen molar-refractivity contribution in [2.75, 3.05) is 5.01 Å². The molecule has 1 aliphatic rings. The highest BCUT2D eigenvalue weighted by Gasteiger charge is 2.63. The van der Waals surface area contributed by atoms with Crippen LogP contribution in [0.15, 0.2) is 65.9 Å². The minimum Gasteiger partial charge on any atom is -0.261 e. The molecule has 0 N–H and O–H groups in total. The summed E-state index contributed by atoms with van der Waals surface area (Å²) in [5.41, 5.74) is 0.524. The van der Waals surface area contributed by atoms with Crippen LogP contribution >= 0.6 is 0 Å². The molecule has 3 aromatic rings. The van der Waals surface area contributed by atoms with Crippen molar-refractivity contribution in [3.8, 4) is 11.1 Å². The summed E-state index contributed by atoms with van der Waals surface area (Å²) >= 11 is 0. The Hall–Kier alpha value is -3.43. The summed E-state index contributed by atoms with van der Waals surface area (Å²) in [4.78, 5) is 4.19. The molecule has 172 valence electrons. The zero-order valence-corrected chi connectivity index (χ0v) is 17.0. The van der Waals surface area contributed by atoms with Gasteiger partial charge in [-0.25, -0.2) is 8.78 Å². The average molecular weight is 467 g/mol. The van der Waals surface area contributed by atoms with E-state index in [0.717, 1.165) is 22.7 Å². The van der Waals surface area contributed by atoms with Crippen molar-refractivity contribution in [3.63, 3.8) is 0 Å². The molecule has 0 spiro atoms. The number of hydrogen-bond acceptors (Lipinski definition) is 3. The van der Waals surface area contributed by atoms with Gasteiger partial charge in [-0.3, -0.25) is 9.99 Å². The number of anilines is 1. The van der Waals surface area contributed by atoms with Gasteiger partial charge in [0, 0.05) is 29.9 Å². The maximum absolute atomic E-state index is 14.5. The second-order valence-corrected chi connectivity index (χ2v) is 7.54. The van der Waals surface area contributed by atoms with Crippen LogP contribution in [0.5, 0.6) is 0 Å². The van der Waals surface area contributed by atoms with Crippen LogP contribution in [0.2, 0.25) is 0 Å². The van der Waals surface area contributed by atoms with E-state index in [1.165, 1.54) is 6.07 Å². The molecular formula is C23H16F7N3. The second-order valence-electron chi connectivity index (χ2n) is 7.54. The number of pyridine rings is 1. The summed E-state index contributed by atoms with van der Waals surface area (Å²) in [5, 5.41) is 4.22. The van der Waals surface area contributed by atoms with Crippen molar-refractivity contribution in [2.24, 2.45) is 5.10 Å². The molecule has 2 aromatic carbocycles. The Morgan fingerprint density at radius 2 is 1.70 bits per heavy atom. The van der Waals surface area contributed by atoms with Gasteiger partial charge in [-0.2, -0.15) is 27.1 Å². The Bertz CT molecular complexity index is 1220.